The SMILES string of the molecule is Cc1c(NC(=O)C(=O)NC(CO)c2ccccc2C(F)(F)F)cnn1C. The van der Waals surface area contributed by atoms with Crippen LogP contribution in [0.2, 0.25) is 0 Å². The molecule has 2 aromatic rings. The van der Waals surface area contributed by atoms with Crippen molar-refractivity contribution in [2.75, 3.05) is 11.9 Å². The van der Waals surface area contributed by atoms with Gasteiger partial charge in [-0.2, -0.15) is 18.3 Å². The standard InChI is InChI=1S/C16H17F3N4O3/c1-9-12(7-20-23(9)2)21-14(25)15(26)22-13(8-24)10-5-3-4-6-11(10)16(17,18)19/h3-7,13,24H,8H2,1-2H3,(H,21,25)(H,22,26). The average Bonchev–Trinajstić information content (AvgIpc) is 2.90. The quantitative estimate of drug-likeness (QED) is 0.712. The Morgan fingerprint density at radius 1 is 1.27 bits per heavy atom. The van der Waals surface area contributed by atoms with Gasteiger partial charge in [-0.25, -0.2) is 0 Å². The Morgan fingerprint density at radius 3 is 2.46 bits per heavy atom. The number of aliphatic hydroxyl groups is 1. The van der Waals surface area contributed by atoms with Crippen LogP contribution in [0.5, 0.6) is 0 Å². The van der Waals surface area contributed by atoms with Crippen molar-refractivity contribution in [3.05, 3.63) is 47.3 Å². The lowest BCUT2D eigenvalue weighted by Gasteiger charge is -2.20. The number of aromatic nitrogens is 2. The molecule has 0 saturated heterocycles. The van der Waals surface area contributed by atoms with Gasteiger partial charge >= 0.3 is 18.0 Å². The van der Waals surface area contributed by atoms with E-state index < -0.39 is 36.2 Å². The van der Waals surface area contributed by atoms with Gasteiger partial charge in [-0.15, -0.1) is 0 Å². The molecule has 3 N–H and O–H groups in total. The Kier molecular flexibility index (Phi) is 5.66. The van der Waals surface area contributed by atoms with E-state index in [0.717, 1.165) is 12.1 Å². The first-order valence-corrected chi connectivity index (χ1v) is 7.52. The highest BCUT2D eigenvalue weighted by molar-refractivity contribution is 6.39. The lowest BCUT2D eigenvalue weighted by atomic mass is 10.00. The number of hydrogen-bond donors (Lipinski definition) is 3. The van der Waals surface area contributed by atoms with E-state index in [1.54, 1.807) is 14.0 Å². The number of nitrogens with one attached hydrogen (secondary N) is 2. The number of benzene rings is 1. The second-order valence-corrected chi connectivity index (χ2v) is 5.52. The van der Waals surface area contributed by atoms with Crippen LogP contribution in [-0.4, -0.2) is 33.3 Å². The van der Waals surface area contributed by atoms with Gasteiger partial charge in [0.1, 0.15) is 0 Å². The van der Waals surface area contributed by atoms with Gasteiger partial charge in [0.15, 0.2) is 0 Å². The molecule has 7 nitrogen and oxygen atoms in total. The molecular formula is C16H17F3N4O3. The summed E-state index contributed by atoms with van der Waals surface area (Å²) in [5, 5.41) is 17.7. The van der Waals surface area contributed by atoms with E-state index in [1.807, 2.05) is 0 Å². The average molecular weight is 370 g/mol. The number of carbonyl (C=O) groups is 2. The summed E-state index contributed by atoms with van der Waals surface area (Å²) in [6.07, 6.45) is -3.33. The fourth-order valence-electron chi connectivity index (χ4n) is 2.31. The van der Waals surface area contributed by atoms with Crippen molar-refractivity contribution in [2.24, 2.45) is 7.05 Å². The van der Waals surface area contributed by atoms with Gasteiger partial charge in [0.05, 0.1) is 35.8 Å². The number of halogens is 3. The maximum Gasteiger partial charge on any atom is 0.416 e. The smallest absolute Gasteiger partial charge is 0.394 e. The molecule has 0 saturated carbocycles. The zero-order valence-corrected chi connectivity index (χ0v) is 14.0. The number of carbonyl (C=O) groups excluding carboxylic acids is 2. The number of hydrogen-bond acceptors (Lipinski definition) is 4. The fourth-order valence-corrected chi connectivity index (χ4v) is 2.31. The van der Waals surface area contributed by atoms with E-state index in [-0.39, 0.29) is 5.56 Å². The van der Waals surface area contributed by atoms with Crippen LogP contribution in [0, 0.1) is 6.92 Å². The summed E-state index contributed by atoms with van der Waals surface area (Å²) >= 11 is 0. The van der Waals surface area contributed by atoms with Gasteiger partial charge in [-0.3, -0.25) is 14.3 Å². The maximum absolute atomic E-state index is 13.1. The molecule has 26 heavy (non-hydrogen) atoms. The minimum atomic E-state index is -4.66. The summed E-state index contributed by atoms with van der Waals surface area (Å²) in [4.78, 5) is 24.0. The van der Waals surface area contributed by atoms with Crippen LogP contribution >= 0.6 is 0 Å². The van der Waals surface area contributed by atoms with E-state index >= 15 is 0 Å². The van der Waals surface area contributed by atoms with Gasteiger partial charge in [-0.05, 0) is 18.6 Å². The third-order valence-corrected chi connectivity index (χ3v) is 3.82. The summed E-state index contributed by atoms with van der Waals surface area (Å²) in [6.45, 7) is 0.856. The molecule has 0 fully saturated rings. The van der Waals surface area contributed by atoms with Crippen molar-refractivity contribution in [3.8, 4) is 0 Å². The molecular weight excluding hydrogens is 353 g/mol. The van der Waals surface area contributed by atoms with E-state index in [1.165, 1.54) is 23.0 Å². The van der Waals surface area contributed by atoms with E-state index in [2.05, 4.69) is 15.7 Å². The maximum atomic E-state index is 13.1. The Balaban J connectivity index is 2.16. The molecule has 10 heteroatoms. The molecule has 1 atom stereocenters. The summed E-state index contributed by atoms with van der Waals surface area (Å²) in [5.74, 6) is -2.26. The van der Waals surface area contributed by atoms with Crippen LogP contribution in [0.25, 0.3) is 0 Å². The molecule has 0 spiro atoms. The summed E-state index contributed by atoms with van der Waals surface area (Å²) in [7, 11) is 1.64. The van der Waals surface area contributed by atoms with Gasteiger partial charge in [0.2, 0.25) is 0 Å². The van der Waals surface area contributed by atoms with Crippen LogP contribution in [-0.2, 0) is 22.8 Å². The second-order valence-electron chi connectivity index (χ2n) is 5.52. The van der Waals surface area contributed by atoms with Crippen molar-refractivity contribution in [2.45, 2.75) is 19.1 Å². The van der Waals surface area contributed by atoms with E-state index in [9.17, 15) is 27.9 Å². The fraction of sp³-hybridized carbons (Fsp3) is 0.312. The Hall–Kier alpha value is -2.88. The number of aryl methyl sites for hydroxylation is 1. The highest BCUT2D eigenvalue weighted by atomic mass is 19.4. The molecule has 140 valence electrons. The Bertz CT molecular complexity index is 817. The normalized spacial score (nSPS) is 12.5. The zero-order chi connectivity index (χ0) is 19.5. The summed E-state index contributed by atoms with van der Waals surface area (Å²) < 4.78 is 40.8. The van der Waals surface area contributed by atoms with Gasteiger partial charge in [-0.1, -0.05) is 18.2 Å². The molecule has 0 aliphatic carbocycles. The molecule has 1 heterocycles. The van der Waals surface area contributed by atoms with Gasteiger partial charge in [0, 0.05) is 7.05 Å². The van der Waals surface area contributed by atoms with Crippen molar-refractivity contribution in [1.82, 2.24) is 15.1 Å². The van der Waals surface area contributed by atoms with Crippen LogP contribution in [0.15, 0.2) is 30.5 Å². The first-order chi connectivity index (χ1) is 12.1. The lowest BCUT2D eigenvalue weighted by molar-refractivity contribution is -0.139. The highest BCUT2D eigenvalue weighted by Crippen LogP contribution is 2.34. The van der Waals surface area contributed by atoms with Crippen LogP contribution < -0.4 is 10.6 Å². The van der Waals surface area contributed by atoms with E-state index in [0.29, 0.717) is 11.4 Å². The van der Waals surface area contributed by atoms with Crippen LogP contribution in [0.1, 0.15) is 22.9 Å². The third-order valence-electron chi connectivity index (χ3n) is 3.82. The van der Waals surface area contributed by atoms with E-state index in [4.69, 9.17) is 0 Å². The number of nitrogens with zero attached hydrogens (tertiary/aromatic N) is 2. The number of rotatable bonds is 4. The largest absolute Gasteiger partial charge is 0.416 e. The first kappa shape index (κ1) is 19.4. The summed E-state index contributed by atoms with van der Waals surface area (Å²) in [5.41, 5.74) is -0.444. The van der Waals surface area contributed by atoms with Crippen molar-refractivity contribution < 1.29 is 27.9 Å². The highest BCUT2D eigenvalue weighted by Gasteiger charge is 2.35. The Labute approximate surface area is 146 Å². The number of anilines is 1. The lowest BCUT2D eigenvalue weighted by Crippen LogP contribution is -2.39. The van der Waals surface area contributed by atoms with Gasteiger partial charge in [0.25, 0.3) is 0 Å². The molecule has 0 aliphatic heterocycles. The predicted molar refractivity (Wildman–Crippen MR) is 86.0 cm³/mol. The topological polar surface area (TPSA) is 96.2 Å². The molecule has 0 radical (unpaired) electrons. The first-order valence-electron chi connectivity index (χ1n) is 7.52. The minimum Gasteiger partial charge on any atom is -0.394 e. The molecule has 0 aliphatic rings. The van der Waals surface area contributed by atoms with Crippen LogP contribution in [0.4, 0.5) is 18.9 Å². The predicted octanol–water partition coefficient (Wildman–Crippen LogP) is 1.54. The molecule has 1 aromatic heterocycles. The second kappa shape index (κ2) is 7.56. The van der Waals surface area contributed by atoms with Crippen molar-refractivity contribution >= 4 is 17.5 Å². The summed E-state index contributed by atoms with van der Waals surface area (Å²) in [6, 6.07) is 3.12. The molecule has 1 aromatic carbocycles. The number of alkyl halides is 3. The molecule has 1 unspecified atom stereocenters. The van der Waals surface area contributed by atoms with Crippen molar-refractivity contribution in [1.29, 1.82) is 0 Å². The molecule has 2 rings (SSSR count). The minimum absolute atomic E-state index is 0.295. The monoisotopic (exact) mass is 370 g/mol. The number of aliphatic hydroxyl groups excluding tert-OH is 1. The van der Waals surface area contributed by atoms with Crippen LogP contribution in [0.3, 0.4) is 0 Å². The molecule has 2 amide bonds. The number of amides is 2. The van der Waals surface area contributed by atoms with Crippen molar-refractivity contribution in [3.63, 3.8) is 0 Å². The third kappa shape index (κ3) is 4.20. The van der Waals surface area contributed by atoms with Gasteiger partial charge < -0.3 is 15.7 Å². The Morgan fingerprint density at radius 2 is 1.92 bits per heavy atom. The zero-order valence-electron chi connectivity index (χ0n) is 14.0. The molecule has 0 bridgehead atoms.